The molecule has 3 N–H and O–H groups in total. The molecule has 2 fully saturated rings. The van der Waals surface area contributed by atoms with Crippen molar-refractivity contribution in [2.45, 2.75) is 50.9 Å². The summed E-state index contributed by atoms with van der Waals surface area (Å²) in [5.74, 6) is -0.861. The number of rotatable bonds is 4. The lowest BCUT2D eigenvalue weighted by Gasteiger charge is -2.41. The van der Waals surface area contributed by atoms with E-state index in [-0.39, 0.29) is 29.8 Å². The fourth-order valence-corrected chi connectivity index (χ4v) is 3.46. The van der Waals surface area contributed by atoms with Crippen LogP contribution in [0.2, 0.25) is 0 Å². The predicted molar refractivity (Wildman–Crippen MR) is 94.3 cm³/mol. The van der Waals surface area contributed by atoms with Gasteiger partial charge < -0.3 is 15.4 Å². The van der Waals surface area contributed by atoms with Gasteiger partial charge in [-0.05, 0) is 38.0 Å². The number of nitrogens with one attached hydrogen (secondary N) is 3. The molecule has 10 heteroatoms. The number of halogens is 3. The van der Waals surface area contributed by atoms with Crippen molar-refractivity contribution in [3.63, 3.8) is 0 Å². The Bertz CT molecular complexity index is 720. The molecule has 2 unspecified atom stereocenters. The van der Waals surface area contributed by atoms with Gasteiger partial charge in [0.2, 0.25) is 5.91 Å². The van der Waals surface area contributed by atoms with E-state index in [9.17, 15) is 22.8 Å². The summed E-state index contributed by atoms with van der Waals surface area (Å²) in [7, 11) is 0. The van der Waals surface area contributed by atoms with Crippen molar-refractivity contribution in [1.29, 1.82) is 0 Å². The summed E-state index contributed by atoms with van der Waals surface area (Å²) in [5.41, 5.74) is 0.110. The normalized spacial score (nSPS) is 24.5. The van der Waals surface area contributed by atoms with Crippen molar-refractivity contribution in [3.8, 4) is 5.75 Å². The van der Waals surface area contributed by atoms with Gasteiger partial charge in [0.25, 0.3) is 5.91 Å². The molecule has 0 saturated carbocycles. The molecular weight excluding hydrogens is 377 g/mol. The quantitative estimate of drug-likeness (QED) is 0.715. The topological polar surface area (TPSA) is 82.7 Å². The van der Waals surface area contributed by atoms with E-state index in [1.165, 1.54) is 12.1 Å². The van der Waals surface area contributed by atoms with Crippen LogP contribution < -0.4 is 20.7 Å². The van der Waals surface area contributed by atoms with Crippen LogP contribution in [0.25, 0.3) is 0 Å². The average molecular weight is 400 g/mol. The van der Waals surface area contributed by atoms with Gasteiger partial charge in [-0.1, -0.05) is 6.07 Å². The Kier molecular flexibility index (Phi) is 6.09. The number of carbonyl (C=O) groups excluding carboxylic acids is 2. The highest BCUT2D eigenvalue weighted by Crippen LogP contribution is 2.23. The van der Waals surface area contributed by atoms with Crippen molar-refractivity contribution in [2.75, 3.05) is 13.1 Å². The number of likely N-dealkylation sites (tertiary alicyclic amines) is 1. The van der Waals surface area contributed by atoms with E-state index in [0.717, 1.165) is 12.1 Å². The van der Waals surface area contributed by atoms with Crippen molar-refractivity contribution in [1.82, 2.24) is 20.9 Å². The molecule has 1 aromatic rings. The summed E-state index contributed by atoms with van der Waals surface area (Å²) in [4.78, 5) is 26.2. The summed E-state index contributed by atoms with van der Waals surface area (Å²) in [5, 5.41) is 9.09. The predicted octanol–water partition coefficient (Wildman–Crippen LogP) is 1.56. The first-order chi connectivity index (χ1) is 13.2. The molecule has 0 bridgehead atoms. The van der Waals surface area contributed by atoms with Crippen LogP contribution in [-0.4, -0.2) is 54.5 Å². The Hall–Kier alpha value is -2.33. The number of hydrogen-bond donors (Lipinski definition) is 3. The minimum absolute atomic E-state index is 0.00707. The highest BCUT2D eigenvalue weighted by Gasteiger charge is 2.32. The van der Waals surface area contributed by atoms with Crippen LogP contribution in [-0.2, 0) is 4.79 Å². The summed E-state index contributed by atoms with van der Waals surface area (Å²) >= 11 is 0. The van der Waals surface area contributed by atoms with Crippen LogP contribution in [0.5, 0.6) is 5.75 Å². The van der Waals surface area contributed by atoms with Gasteiger partial charge in [-0.25, -0.2) is 0 Å². The van der Waals surface area contributed by atoms with E-state index >= 15 is 0 Å². The molecule has 0 aliphatic carbocycles. The zero-order chi connectivity index (χ0) is 20.3. The number of alkyl halides is 3. The molecule has 7 nitrogen and oxygen atoms in total. The van der Waals surface area contributed by atoms with Crippen LogP contribution in [0.3, 0.4) is 0 Å². The fraction of sp³-hybridized carbons (Fsp3) is 0.556. The lowest BCUT2D eigenvalue weighted by Crippen LogP contribution is -2.65. The molecule has 3 rings (SSSR count). The summed E-state index contributed by atoms with van der Waals surface area (Å²) in [6.07, 6.45) is -3.23. The third kappa shape index (κ3) is 5.59. The van der Waals surface area contributed by atoms with E-state index in [1.54, 1.807) is 0 Å². The molecule has 2 heterocycles. The van der Waals surface area contributed by atoms with Crippen LogP contribution >= 0.6 is 0 Å². The van der Waals surface area contributed by atoms with Crippen LogP contribution in [0.15, 0.2) is 24.3 Å². The molecule has 2 aliphatic heterocycles. The lowest BCUT2D eigenvalue weighted by atomic mass is 10.0. The number of benzene rings is 1. The number of nitrogens with zero attached hydrogens (tertiary/aromatic N) is 1. The number of ether oxygens (including phenoxy) is 1. The van der Waals surface area contributed by atoms with E-state index in [4.69, 9.17) is 0 Å². The maximum absolute atomic E-state index is 12.4. The minimum atomic E-state index is -4.80. The monoisotopic (exact) mass is 400 g/mol. The minimum Gasteiger partial charge on any atom is -0.406 e. The highest BCUT2D eigenvalue weighted by atomic mass is 19.4. The second-order valence-corrected chi connectivity index (χ2v) is 7.10. The van der Waals surface area contributed by atoms with Crippen LogP contribution in [0, 0.1) is 0 Å². The Morgan fingerprint density at radius 1 is 1.29 bits per heavy atom. The van der Waals surface area contributed by atoms with Crippen molar-refractivity contribution < 1.29 is 27.5 Å². The SMILES string of the molecule is CC1CC(=O)NC(N2CCC(NC(=O)c3cccc(OC(F)(F)F)c3)CC2)N1. The summed E-state index contributed by atoms with van der Waals surface area (Å²) in [6, 6.07) is 5.01. The second-order valence-electron chi connectivity index (χ2n) is 7.10. The van der Waals surface area contributed by atoms with E-state index in [2.05, 4.69) is 25.6 Å². The Balaban J connectivity index is 1.51. The van der Waals surface area contributed by atoms with Crippen molar-refractivity contribution >= 4 is 11.8 Å². The van der Waals surface area contributed by atoms with Gasteiger partial charge in [-0.2, -0.15) is 0 Å². The number of carbonyl (C=O) groups is 2. The first kappa shape index (κ1) is 20.4. The fourth-order valence-electron chi connectivity index (χ4n) is 3.46. The van der Waals surface area contributed by atoms with Crippen LogP contribution in [0.1, 0.15) is 36.5 Å². The summed E-state index contributed by atoms with van der Waals surface area (Å²) < 4.78 is 40.8. The largest absolute Gasteiger partial charge is 0.573 e. The van der Waals surface area contributed by atoms with E-state index < -0.39 is 18.0 Å². The third-order valence-electron chi connectivity index (χ3n) is 4.79. The van der Waals surface area contributed by atoms with Crippen LogP contribution in [0.4, 0.5) is 13.2 Å². The number of piperidine rings is 1. The maximum Gasteiger partial charge on any atom is 0.573 e. The molecule has 28 heavy (non-hydrogen) atoms. The molecule has 1 aromatic carbocycles. The first-order valence-electron chi connectivity index (χ1n) is 9.16. The Morgan fingerprint density at radius 2 is 2.00 bits per heavy atom. The van der Waals surface area contributed by atoms with Gasteiger partial charge in [0.15, 0.2) is 0 Å². The zero-order valence-corrected chi connectivity index (χ0v) is 15.4. The third-order valence-corrected chi connectivity index (χ3v) is 4.79. The Morgan fingerprint density at radius 3 is 2.64 bits per heavy atom. The van der Waals surface area contributed by atoms with Crippen molar-refractivity contribution in [2.24, 2.45) is 0 Å². The Labute approximate surface area is 160 Å². The van der Waals surface area contributed by atoms with Gasteiger partial charge in [-0.15, -0.1) is 13.2 Å². The van der Waals surface area contributed by atoms with Gasteiger partial charge in [0.05, 0.1) is 0 Å². The molecular formula is C18H23F3N4O3. The lowest BCUT2D eigenvalue weighted by molar-refractivity contribution is -0.274. The van der Waals surface area contributed by atoms with E-state index in [0.29, 0.717) is 32.4 Å². The number of hydrogen-bond acceptors (Lipinski definition) is 5. The molecule has 2 saturated heterocycles. The van der Waals surface area contributed by atoms with Gasteiger partial charge in [0, 0.05) is 37.2 Å². The first-order valence-corrected chi connectivity index (χ1v) is 9.16. The standard InChI is InChI=1S/C18H23F3N4O3/c1-11-9-15(26)24-17(22-11)25-7-5-13(6-8-25)23-16(27)12-3-2-4-14(10-12)28-18(19,20)21/h2-4,10-11,13,17,22H,5-9H2,1H3,(H,23,27)(H,24,26). The second kappa shape index (κ2) is 8.36. The van der Waals surface area contributed by atoms with E-state index in [1.807, 2.05) is 6.92 Å². The molecule has 154 valence electrons. The van der Waals surface area contributed by atoms with Crippen molar-refractivity contribution in [3.05, 3.63) is 29.8 Å². The summed E-state index contributed by atoms with van der Waals surface area (Å²) in [6.45, 7) is 3.30. The van der Waals surface area contributed by atoms with Gasteiger partial charge >= 0.3 is 6.36 Å². The average Bonchev–Trinajstić information content (AvgIpc) is 2.60. The van der Waals surface area contributed by atoms with Gasteiger partial charge in [0.1, 0.15) is 12.0 Å². The molecule has 2 atom stereocenters. The highest BCUT2D eigenvalue weighted by molar-refractivity contribution is 5.94. The molecule has 2 aliphatic rings. The molecule has 0 aromatic heterocycles. The van der Waals surface area contributed by atoms with Gasteiger partial charge in [-0.3, -0.25) is 19.8 Å². The number of amides is 2. The smallest absolute Gasteiger partial charge is 0.406 e. The molecule has 0 spiro atoms. The zero-order valence-electron chi connectivity index (χ0n) is 15.4. The maximum atomic E-state index is 12.4. The molecule has 2 amide bonds. The molecule has 0 radical (unpaired) electrons.